The van der Waals surface area contributed by atoms with Gasteiger partial charge in [0.25, 0.3) is 17.7 Å². The summed E-state index contributed by atoms with van der Waals surface area (Å²) < 4.78 is 10.9. The van der Waals surface area contributed by atoms with Crippen molar-refractivity contribution in [1.82, 2.24) is 15.0 Å². The van der Waals surface area contributed by atoms with E-state index in [0.717, 1.165) is 32.1 Å². The van der Waals surface area contributed by atoms with Crippen LogP contribution in [0.25, 0.3) is 11.5 Å². The standard InChI is InChI=1S/C19H20N4O4.ClH/c20-19(6-2-7-19)18-21-15(27-22-18)11-4-5-13-14(9-11)17(25)23(16(13)24)10-12-3-1-8-26-12;/h4-5,9,12H,1-3,6-8,10,20H2;1H. The molecule has 1 unspecified atom stereocenters. The van der Waals surface area contributed by atoms with Crippen LogP contribution >= 0.6 is 12.4 Å². The number of benzene rings is 1. The number of amides is 2. The maximum absolute atomic E-state index is 12.8. The minimum atomic E-state index is -0.512. The van der Waals surface area contributed by atoms with Gasteiger partial charge in [0, 0.05) is 12.2 Å². The molecule has 0 radical (unpaired) electrons. The normalized spacial score (nSPS) is 22.8. The van der Waals surface area contributed by atoms with Crippen molar-refractivity contribution in [1.29, 1.82) is 0 Å². The molecule has 2 aromatic rings. The van der Waals surface area contributed by atoms with Crippen LogP contribution in [0.3, 0.4) is 0 Å². The number of carbonyl (C=O) groups is 2. The smallest absolute Gasteiger partial charge is 0.261 e. The molecular weight excluding hydrogens is 384 g/mol. The molecule has 2 fully saturated rings. The molecule has 2 amide bonds. The highest BCUT2D eigenvalue weighted by Crippen LogP contribution is 2.38. The molecule has 5 rings (SSSR count). The Balaban J connectivity index is 0.00000192. The van der Waals surface area contributed by atoms with Gasteiger partial charge in [0.2, 0.25) is 0 Å². The molecule has 1 saturated carbocycles. The van der Waals surface area contributed by atoms with Gasteiger partial charge in [-0.05, 0) is 50.3 Å². The van der Waals surface area contributed by atoms with Crippen molar-refractivity contribution in [2.24, 2.45) is 5.73 Å². The molecule has 148 valence electrons. The summed E-state index contributed by atoms with van der Waals surface area (Å²) in [6, 6.07) is 5.01. The first-order valence-electron chi connectivity index (χ1n) is 9.30. The van der Waals surface area contributed by atoms with E-state index in [1.807, 2.05) is 0 Å². The predicted octanol–water partition coefficient (Wildman–Crippen LogP) is 2.27. The number of hydrogen-bond acceptors (Lipinski definition) is 7. The molecule has 28 heavy (non-hydrogen) atoms. The van der Waals surface area contributed by atoms with Crippen molar-refractivity contribution >= 4 is 24.2 Å². The van der Waals surface area contributed by atoms with Crippen molar-refractivity contribution in [3.63, 3.8) is 0 Å². The summed E-state index contributed by atoms with van der Waals surface area (Å²) in [7, 11) is 0. The zero-order chi connectivity index (χ0) is 18.6. The zero-order valence-electron chi connectivity index (χ0n) is 15.2. The summed E-state index contributed by atoms with van der Waals surface area (Å²) in [5.41, 5.74) is 7.10. The SMILES string of the molecule is Cl.NC1(c2noc(-c3ccc4c(c3)C(=O)N(CC3CCCO3)C4=O)n2)CCC1. The number of nitrogens with two attached hydrogens (primary N) is 1. The van der Waals surface area contributed by atoms with Crippen molar-refractivity contribution in [3.8, 4) is 11.5 Å². The van der Waals surface area contributed by atoms with E-state index >= 15 is 0 Å². The molecule has 1 aliphatic carbocycles. The van der Waals surface area contributed by atoms with E-state index in [-0.39, 0.29) is 30.3 Å². The molecule has 3 aliphatic rings. The van der Waals surface area contributed by atoms with Crippen molar-refractivity contribution in [3.05, 3.63) is 35.2 Å². The Labute approximate surface area is 167 Å². The Kier molecular flexibility index (Phi) is 4.73. The van der Waals surface area contributed by atoms with Crippen LogP contribution in [0.4, 0.5) is 0 Å². The van der Waals surface area contributed by atoms with Gasteiger partial charge in [0.1, 0.15) is 0 Å². The van der Waals surface area contributed by atoms with Gasteiger partial charge in [-0.3, -0.25) is 14.5 Å². The minimum Gasteiger partial charge on any atom is -0.376 e. The van der Waals surface area contributed by atoms with Crippen LogP contribution in [0.1, 0.15) is 58.6 Å². The van der Waals surface area contributed by atoms with E-state index in [2.05, 4.69) is 10.1 Å². The van der Waals surface area contributed by atoms with Crippen LogP contribution in [-0.4, -0.2) is 46.1 Å². The van der Waals surface area contributed by atoms with Gasteiger partial charge in [-0.15, -0.1) is 12.4 Å². The second-order valence-electron chi connectivity index (χ2n) is 7.55. The van der Waals surface area contributed by atoms with Crippen LogP contribution < -0.4 is 5.73 Å². The van der Waals surface area contributed by atoms with Gasteiger partial charge < -0.3 is 15.0 Å². The lowest BCUT2D eigenvalue weighted by atomic mass is 9.77. The van der Waals surface area contributed by atoms with Crippen LogP contribution in [0, 0.1) is 0 Å². The molecule has 1 aromatic heterocycles. The summed E-state index contributed by atoms with van der Waals surface area (Å²) in [6.45, 7) is 0.974. The van der Waals surface area contributed by atoms with E-state index in [9.17, 15) is 9.59 Å². The minimum absolute atomic E-state index is 0. The highest BCUT2D eigenvalue weighted by Gasteiger charge is 2.40. The third kappa shape index (κ3) is 2.92. The number of halogens is 1. The first kappa shape index (κ1) is 19.0. The maximum Gasteiger partial charge on any atom is 0.261 e. The van der Waals surface area contributed by atoms with Crippen LogP contribution in [-0.2, 0) is 10.3 Å². The summed E-state index contributed by atoms with van der Waals surface area (Å²) in [4.78, 5) is 31.1. The first-order chi connectivity index (χ1) is 13.0. The topological polar surface area (TPSA) is 112 Å². The molecule has 1 saturated heterocycles. The van der Waals surface area contributed by atoms with Crippen LogP contribution in [0.15, 0.2) is 22.7 Å². The third-order valence-electron chi connectivity index (χ3n) is 5.74. The number of hydrogen-bond donors (Lipinski definition) is 1. The second kappa shape index (κ2) is 6.95. The fraction of sp³-hybridized carbons (Fsp3) is 0.474. The molecule has 1 aromatic carbocycles. The quantitative estimate of drug-likeness (QED) is 0.778. The molecule has 2 N–H and O–H groups in total. The second-order valence-corrected chi connectivity index (χ2v) is 7.55. The highest BCUT2D eigenvalue weighted by atomic mass is 35.5. The molecular formula is C19H21ClN4O4. The van der Waals surface area contributed by atoms with Gasteiger partial charge in [-0.1, -0.05) is 5.16 Å². The largest absolute Gasteiger partial charge is 0.376 e. The lowest BCUT2D eigenvalue weighted by molar-refractivity contribution is 0.0475. The van der Waals surface area contributed by atoms with E-state index in [1.165, 1.54) is 4.90 Å². The summed E-state index contributed by atoms with van der Waals surface area (Å²) in [6.07, 6.45) is 4.47. The van der Waals surface area contributed by atoms with Gasteiger partial charge in [-0.2, -0.15) is 4.98 Å². The summed E-state index contributed by atoms with van der Waals surface area (Å²) in [5.74, 6) is 0.217. The summed E-state index contributed by atoms with van der Waals surface area (Å²) in [5, 5.41) is 4.01. The Bertz CT molecular complexity index is 934. The molecule has 8 nitrogen and oxygen atoms in total. The van der Waals surface area contributed by atoms with Gasteiger partial charge in [-0.25, -0.2) is 0 Å². The average molecular weight is 405 g/mol. The first-order valence-corrected chi connectivity index (χ1v) is 9.30. The monoisotopic (exact) mass is 404 g/mol. The Morgan fingerprint density at radius 3 is 2.64 bits per heavy atom. The van der Waals surface area contributed by atoms with E-state index in [4.69, 9.17) is 15.0 Å². The van der Waals surface area contributed by atoms with Crippen molar-refractivity contribution in [2.45, 2.75) is 43.7 Å². The molecule has 9 heteroatoms. The predicted molar refractivity (Wildman–Crippen MR) is 101 cm³/mol. The zero-order valence-corrected chi connectivity index (χ0v) is 16.0. The number of carbonyl (C=O) groups excluding carboxylic acids is 2. The number of ether oxygens (including phenoxy) is 1. The number of rotatable bonds is 4. The number of nitrogens with zero attached hydrogens (tertiary/aromatic N) is 3. The maximum atomic E-state index is 12.8. The third-order valence-corrected chi connectivity index (χ3v) is 5.74. The summed E-state index contributed by atoms with van der Waals surface area (Å²) >= 11 is 0. The van der Waals surface area contributed by atoms with Crippen LogP contribution in [0.5, 0.6) is 0 Å². The van der Waals surface area contributed by atoms with Gasteiger partial charge in [0.05, 0.1) is 29.3 Å². The lowest BCUT2D eigenvalue weighted by Gasteiger charge is -2.34. The molecule has 0 bridgehead atoms. The van der Waals surface area contributed by atoms with Gasteiger partial charge >= 0.3 is 0 Å². The molecule has 0 spiro atoms. The van der Waals surface area contributed by atoms with Gasteiger partial charge in [0.15, 0.2) is 5.82 Å². The van der Waals surface area contributed by atoms with E-state index in [1.54, 1.807) is 18.2 Å². The molecule has 2 aliphatic heterocycles. The van der Waals surface area contributed by atoms with Crippen molar-refractivity contribution in [2.75, 3.05) is 13.2 Å². The number of imide groups is 1. The Morgan fingerprint density at radius 1 is 1.18 bits per heavy atom. The van der Waals surface area contributed by atoms with Crippen molar-refractivity contribution < 1.29 is 18.8 Å². The lowest BCUT2D eigenvalue weighted by Crippen LogP contribution is -2.44. The van der Waals surface area contributed by atoms with E-state index < -0.39 is 5.54 Å². The Hall–Kier alpha value is -2.29. The molecule has 1 atom stereocenters. The Morgan fingerprint density at radius 2 is 1.96 bits per heavy atom. The average Bonchev–Trinajstić information content (AvgIpc) is 3.38. The van der Waals surface area contributed by atoms with Crippen LogP contribution in [0.2, 0.25) is 0 Å². The van der Waals surface area contributed by atoms with E-state index in [0.29, 0.717) is 41.6 Å². The number of fused-ring (bicyclic) bond motifs is 1. The fourth-order valence-corrected chi connectivity index (χ4v) is 3.91. The fourth-order valence-electron chi connectivity index (χ4n) is 3.91. The number of aromatic nitrogens is 2. The molecule has 3 heterocycles. The highest BCUT2D eigenvalue weighted by molar-refractivity contribution is 6.21.